The minimum atomic E-state index is -4.94. The summed E-state index contributed by atoms with van der Waals surface area (Å²) in [5, 5.41) is 11.8. The number of aromatic nitrogens is 2. The smallest absolute Gasteiger partial charge is 0.412 e. The molecule has 0 aliphatic carbocycles. The third kappa shape index (κ3) is 20.8. The predicted molar refractivity (Wildman–Crippen MR) is 121 cm³/mol. The number of hydrogen-bond acceptors (Lipinski definition) is 14. The van der Waals surface area contributed by atoms with Crippen LogP contribution in [0.2, 0.25) is 0 Å². The molecule has 0 spiro atoms. The van der Waals surface area contributed by atoms with Crippen LogP contribution in [0.1, 0.15) is 17.1 Å². The number of pyridine rings is 2. The molecule has 1 aliphatic heterocycles. The van der Waals surface area contributed by atoms with Gasteiger partial charge in [0.25, 0.3) is 0 Å². The molecular weight excluding hydrogens is 630 g/mol. The van der Waals surface area contributed by atoms with E-state index in [9.17, 15) is 0 Å². The molecule has 0 amide bonds. The molecule has 1 aliphatic rings. The summed E-state index contributed by atoms with van der Waals surface area (Å²) in [6, 6.07) is 18.8. The number of halogens is 2. The van der Waals surface area contributed by atoms with Crippen molar-refractivity contribution in [3.8, 4) is 0 Å². The van der Waals surface area contributed by atoms with E-state index < -0.39 is 20.5 Å². The van der Waals surface area contributed by atoms with Gasteiger partial charge in [0.05, 0.1) is 22.6 Å². The number of nitrogens with one attached hydrogen (secondary N) is 3. The number of nitrogens with zero attached hydrogens (tertiary/aromatic N) is 3. The van der Waals surface area contributed by atoms with Crippen molar-refractivity contribution in [2.75, 3.05) is 39.3 Å². The van der Waals surface area contributed by atoms with Crippen LogP contribution in [0.15, 0.2) is 54.6 Å². The van der Waals surface area contributed by atoms with Crippen LogP contribution in [0.5, 0.6) is 0 Å². The molecule has 0 atom stereocenters. The summed E-state index contributed by atoms with van der Waals surface area (Å²) in [6.07, 6.45) is 0. The predicted octanol–water partition coefficient (Wildman–Crippen LogP) is -8.42. The van der Waals surface area contributed by atoms with E-state index in [2.05, 4.69) is 74.4 Å². The van der Waals surface area contributed by atoms with Crippen LogP contribution in [-0.4, -0.2) is 59.6 Å². The maximum Gasteiger partial charge on any atom is 2.00 e. The molecule has 15 nitrogen and oxygen atoms in total. The molecule has 3 heterocycles. The van der Waals surface area contributed by atoms with Crippen molar-refractivity contribution in [1.29, 1.82) is 0 Å². The van der Waals surface area contributed by atoms with Crippen LogP contribution in [-0.2, 0) is 36.7 Å². The number of benzene rings is 1. The molecule has 2 bridgehead atoms. The van der Waals surface area contributed by atoms with Gasteiger partial charge < -0.3 is 21.4 Å². The van der Waals surface area contributed by atoms with Crippen molar-refractivity contribution in [3.63, 3.8) is 0 Å². The van der Waals surface area contributed by atoms with E-state index >= 15 is 0 Å². The Morgan fingerprint density at radius 1 is 0.732 bits per heavy atom. The fraction of sp³-hybridized carbons (Fsp3) is 0.391. The van der Waals surface area contributed by atoms with E-state index in [4.69, 9.17) is 42.3 Å². The summed E-state index contributed by atoms with van der Waals surface area (Å²) >= 11 is 0. The van der Waals surface area contributed by atoms with Crippen LogP contribution in [0.25, 0.3) is 10.9 Å². The number of fused-ring (bicyclic) bond motifs is 3. The Labute approximate surface area is 252 Å². The normalized spacial score (nSPS) is 14.4. The van der Waals surface area contributed by atoms with E-state index in [0.29, 0.717) is 0 Å². The Bertz CT molecular complexity index is 1080. The quantitative estimate of drug-likeness (QED) is 0.169. The second-order valence-electron chi connectivity index (χ2n) is 8.24. The molecule has 0 unspecified atom stereocenters. The van der Waals surface area contributed by atoms with E-state index in [1.165, 1.54) is 5.39 Å². The van der Waals surface area contributed by atoms with Gasteiger partial charge in [0.1, 0.15) is 0 Å². The Morgan fingerprint density at radius 2 is 1.27 bits per heavy atom. The topological polar surface area (TPSA) is 281 Å². The number of rotatable bonds is 5. The first-order chi connectivity index (χ1) is 18.4. The van der Waals surface area contributed by atoms with Crippen molar-refractivity contribution < 1.29 is 80.3 Å². The maximum atomic E-state index is 8.49. The fourth-order valence-electron chi connectivity index (χ4n) is 3.63. The van der Waals surface area contributed by atoms with Crippen molar-refractivity contribution in [1.82, 2.24) is 30.8 Å². The summed E-state index contributed by atoms with van der Waals surface area (Å²) in [5.41, 5.74) is 4.38. The van der Waals surface area contributed by atoms with Crippen molar-refractivity contribution in [3.05, 3.63) is 71.7 Å². The number of para-hydroxylation sites is 1. The molecule has 229 valence electrons. The molecule has 2 aromatic heterocycles. The van der Waals surface area contributed by atoms with Gasteiger partial charge in [-0.15, -0.1) is 20.5 Å². The second-order valence-corrected chi connectivity index (χ2v) is 9.76. The summed E-state index contributed by atoms with van der Waals surface area (Å²) < 4.78 is 67.9. The summed E-state index contributed by atoms with van der Waals surface area (Å²) in [6.45, 7) is 8.46. The first-order valence-electron chi connectivity index (χ1n) is 11.7. The zero-order valence-corrected chi connectivity index (χ0v) is 24.5. The van der Waals surface area contributed by atoms with E-state index in [1.807, 2.05) is 6.07 Å². The van der Waals surface area contributed by atoms with E-state index in [1.54, 1.807) is 0 Å². The summed E-state index contributed by atoms with van der Waals surface area (Å²) in [4.78, 5) is 11.9. The Balaban J connectivity index is 0.00000116. The van der Waals surface area contributed by atoms with Crippen LogP contribution in [0, 0.1) is 20.5 Å². The molecule has 4 rings (SSSR count). The van der Waals surface area contributed by atoms with Crippen LogP contribution in [0.4, 0.5) is 0 Å². The standard InChI is InChI=1S/C23H30N6.2ClHO4.Mn.H2O/c1-2-7-23-19(4-1)8-9-22(28-23)18-26-12-15-29-13-10-24-16-20-5-3-6-21(27-20)17-25-11-14-29;2*2-1(3,4)5;;/h1-9,24-26H,10-18H2;2*(H,2,3,4,5);;1H2/q;;;+2;/p-2. The minimum Gasteiger partial charge on any atom is -0.412 e. The maximum absolute atomic E-state index is 8.49. The van der Waals surface area contributed by atoms with E-state index in [0.717, 1.165) is 81.5 Å². The first kappa shape index (κ1) is 39.4. The van der Waals surface area contributed by atoms with Crippen molar-refractivity contribution in [2.45, 2.75) is 19.6 Å². The van der Waals surface area contributed by atoms with Crippen molar-refractivity contribution >= 4 is 10.9 Å². The third-order valence-corrected chi connectivity index (χ3v) is 5.25. The average Bonchev–Trinajstić information content (AvgIpc) is 2.84. The molecule has 1 radical (unpaired) electrons. The van der Waals surface area contributed by atoms with Crippen LogP contribution >= 0.6 is 0 Å². The average molecular weight is 662 g/mol. The van der Waals surface area contributed by atoms with Gasteiger partial charge in [-0.1, -0.05) is 30.3 Å². The fourth-order valence-corrected chi connectivity index (χ4v) is 3.63. The minimum absolute atomic E-state index is 0. The molecule has 41 heavy (non-hydrogen) atoms. The number of hydrogen-bond donors (Lipinski definition) is 3. The Morgan fingerprint density at radius 3 is 1.83 bits per heavy atom. The summed E-state index contributed by atoms with van der Waals surface area (Å²) in [7, 11) is -9.89. The zero-order chi connectivity index (χ0) is 28.7. The van der Waals surface area contributed by atoms with Gasteiger partial charge in [-0.3, -0.25) is 14.9 Å². The molecule has 3 aromatic rings. The van der Waals surface area contributed by atoms with Gasteiger partial charge in [0, 0.05) is 64.3 Å². The van der Waals surface area contributed by atoms with Crippen LogP contribution < -0.4 is 53.2 Å². The molecule has 0 saturated carbocycles. The molecule has 5 N–H and O–H groups in total. The molecule has 18 heteroatoms. The van der Waals surface area contributed by atoms with E-state index in [-0.39, 0.29) is 22.5 Å². The van der Waals surface area contributed by atoms with Gasteiger partial charge in [0.2, 0.25) is 0 Å². The first-order valence-corrected chi connectivity index (χ1v) is 14.2. The largest absolute Gasteiger partial charge is 2.00 e. The molecule has 0 fully saturated rings. The Hall–Kier alpha value is -1.64. The SMILES string of the molecule is O.[Mn+2].[O-][Cl+3]([O-])([O-])[O-].[O-][Cl+3]([O-])([O-])[O-].c1cc2nc(c1)CNCCN(CCNCc1ccc3ccccc3n1)CCNC2. The molecule has 0 saturated heterocycles. The monoisotopic (exact) mass is 661 g/mol. The van der Waals surface area contributed by atoms with Crippen molar-refractivity contribution in [2.24, 2.45) is 0 Å². The van der Waals surface area contributed by atoms with Gasteiger partial charge in [-0.25, -0.2) is 37.3 Å². The molecular formula is C23H32Cl2MnN6O9. The van der Waals surface area contributed by atoms with Gasteiger partial charge >= 0.3 is 17.1 Å². The summed E-state index contributed by atoms with van der Waals surface area (Å²) in [5.74, 6) is 0. The second kappa shape index (κ2) is 20.3. The van der Waals surface area contributed by atoms with Crippen LogP contribution in [0.3, 0.4) is 0 Å². The van der Waals surface area contributed by atoms with Gasteiger partial charge in [0.15, 0.2) is 0 Å². The Kier molecular flexibility index (Phi) is 19.5. The third-order valence-electron chi connectivity index (χ3n) is 5.25. The zero-order valence-electron chi connectivity index (χ0n) is 21.8. The van der Waals surface area contributed by atoms with Gasteiger partial charge in [-0.2, -0.15) is 0 Å². The van der Waals surface area contributed by atoms with Gasteiger partial charge in [-0.05, 0) is 24.3 Å². The molecule has 1 aromatic carbocycles.